The highest BCUT2D eigenvalue weighted by Gasteiger charge is 2.16. The van der Waals surface area contributed by atoms with Gasteiger partial charge in [-0.15, -0.1) is 0 Å². The SMILES string of the molecule is O=C(NC[C@H]1CCCO1)Nc1ccc(OC(F)F)c(F)c1. The maximum Gasteiger partial charge on any atom is 0.387 e. The summed E-state index contributed by atoms with van der Waals surface area (Å²) in [6.07, 6.45) is 1.84. The number of carbonyl (C=O) groups excluding carboxylic acids is 1. The van der Waals surface area contributed by atoms with Gasteiger partial charge in [-0.2, -0.15) is 8.78 Å². The minimum atomic E-state index is -3.10. The first-order valence-electron chi connectivity index (χ1n) is 6.45. The molecule has 1 aromatic rings. The largest absolute Gasteiger partial charge is 0.432 e. The number of ether oxygens (including phenoxy) is 2. The quantitative estimate of drug-likeness (QED) is 0.879. The summed E-state index contributed by atoms with van der Waals surface area (Å²) in [6.45, 7) is -2.06. The van der Waals surface area contributed by atoms with Crippen LogP contribution in [0.25, 0.3) is 0 Å². The number of hydrogen-bond acceptors (Lipinski definition) is 3. The van der Waals surface area contributed by atoms with Crippen LogP contribution in [-0.4, -0.2) is 31.9 Å². The van der Waals surface area contributed by atoms with Crippen molar-refractivity contribution < 1.29 is 27.4 Å². The minimum Gasteiger partial charge on any atom is -0.432 e. The fourth-order valence-electron chi connectivity index (χ4n) is 1.96. The zero-order chi connectivity index (χ0) is 15.2. The summed E-state index contributed by atoms with van der Waals surface area (Å²) in [5, 5.41) is 4.99. The van der Waals surface area contributed by atoms with E-state index in [0.29, 0.717) is 13.2 Å². The third-order valence-corrected chi connectivity index (χ3v) is 2.92. The zero-order valence-corrected chi connectivity index (χ0v) is 11.1. The third-order valence-electron chi connectivity index (χ3n) is 2.92. The summed E-state index contributed by atoms with van der Waals surface area (Å²) in [5.41, 5.74) is 0.138. The zero-order valence-electron chi connectivity index (χ0n) is 11.1. The number of rotatable bonds is 5. The molecular weight excluding hydrogens is 289 g/mol. The van der Waals surface area contributed by atoms with Crippen molar-refractivity contribution in [2.24, 2.45) is 0 Å². The molecule has 2 rings (SSSR count). The highest BCUT2D eigenvalue weighted by molar-refractivity contribution is 5.89. The number of halogens is 3. The van der Waals surface area contributed by atoms with Crippen molar-refractivity contribution in [3.63, 3.8) is 0 Å². The van der Waals surface area contributed by atoms with Gasteiger partial charge >= 0.3 is 12.6 Å². The van der Waals surface area contributed by atoms with Gasteiger partial charge in [0.1, 0.15) is 0 Å². The van der Waals surface area contributed by atoms with Gasteiger partial charge in [0.25, 0.3) is 0 Å². The van der Waals surface area contributed by atoms with Crippen molar-refractivity contribution in [2.45, 2.75) is 25.6 Å². The molecule has 0 spiro atoms. The summed E-state index contributed by atoms with van der Waals surface area (Å²) in [4.78, 5) is 11.6. The van der Waals surface area contributed by atoms with E-state index in [1.54, 1.807) is 0 Å². The Balaban J connectivity index is 1.84. The number of urea groups is 1. The number of alkyl halides is 2. The summed E-state index contributed by atoms with van der Waals surface area (Å²) < 4.78 is 46.7. The van der Waals surface area contributed by atoms with Crippen molar-refractivity contribution in [3.8, 4) is 5.75 Å². The predicted octanol–water partition coefficient (Wildman–Crippen LogP) is 2.73. The standard InChI is InChI=1S/C13H15F3N2O3/c14-10-6-8(3-4-11(10)21-12(15)16)18-13(19)17-7-9-2-1-5-20-9/h3-4,6,9,12H,1-2,5,7H2,(H2,17,18,19)/t9-/m1/s1. The second kappa shape index (κ2) is 7.16. The van der Waals surface area contributed by atoms with Gasteiger partial charge in [0, 0.05) is 24.9 Å². The fraction of sp³-hybridized carbons (Fsp3) is 0.462. The van der Waals surface area contributed by atoms with Crippen LogP contribution in [0.15, 0.2) is 18.2 Å². The van der Waals surface area contributed by atoms with E-state index in [4.69, 9.17) is 4.74 Å². The molecule has 5 nitrogen and oxygen atoms in total. The normalized spacial score (nSPS) is 17.8. The number of amides is 2. The lowest BCUT2D eigenvalue weighted by molar-refractivity contribution is -0.0521. The molecule has 2 N–H and O–H groups in total. The van der Waals surface area contributed by atoms with E-state index >= 15 is 0 Å². The number of benzene rings is 1. The van der Waals surface area contributed by atoms with Gasteiger partial charge in [-0.1, -0.05) is 0 Å². The molecule has 0 radical (unpaired) electrons. The molecule has 1 aromatic carbocycles. The van der Waals surface area contributed by atoms with Crippen molar-refractivity contribution >= 4 is 11.7 Å². The molecule has 21 heavy (non-hydrogen) atoms. The van der Waals surface area contributed by atoms with Crippen molar-refractivity contribution in [3.05, 3.63) is 24.0 Å². The Morgan fingerprint density at radius 2 is 2.29 bits per heavy atom. The maximum absolute atomic E-state index is 13.4. The fourth-order valence-corrected chi connectivity index (χ4v) is 1.96. The third kappa shape index (κ3) is 4.82. The van der Waals surface area contributed by atoms with Crippen molar-refractivity contribution in [1.82, 2.24) is 5.32 Å². The Bertz CT molecular complexity index is 494. The van der Waals surface area contributed by atoms with E-state index in [1.807, 2.05) is 0 Å². The molecule has 116 valence electrons. The van der Waals surface area contributed by atoms with Gasteiger partial charge < -0.3 is 20.1 Å². The summed E-state index contributed by atoms with van der Waals surface area (Å²) in [7, 11) is 0. The molecule has 1 aliphatic rings. The average molecular weight is 304 g/mol. The number of hydrogen-bond donors (Lipinski definition) is 2. The molecule has 0 aliphatic carbocycles. The molecule has 0 unspecified atom stereocenters. The minimum absolute atomic E-state index is 0.00527. The van der Waals surface area contributed by atoms with Gasteiger partial charge in [-0.25, -0.2) is 9.18 Å². The molecule has 1 heterocycles. The van der Waals surface area contributed by atoms with E-state index in [2.05, 4.69) is 15.4 Å². The second-order valence-corrected chi connectivity index (χ2v) is 4.49. The topological polar surface area (TPSA) is 59.6 Å². The second-order valence-electron chi connectivity index (χ2n) is 4.49. The lowest BCUT2D eigenvalue weighted by atomic mass is 10.2. The average Bonchev–Trinajstić information content (AvgIpc) is 2.92. The molecule has 0 bridgehead atoms. The van der Waals surface area contributed by atoms with Crippen molar-refractivity contribution in [2.75, 3.05) is 18.5 Å². The number of carbonyl (C=O) groups is 1. The molecule has 0 aromatic heterocycles. The van der Waals surface area contributed by atoms with Crippen LogP contribution in [0.1, 0.15) is 12.8 Å². The van der Waals surface area contributed by atoms with Gasteiger partial charge in [0.15, 0.2) is 11.6 Å². The van der Waals surface area contributed by atoms with Gasteiger partial charge in [-0.3, -0.25) is 0 Å². The molecule has 1 fully saturated rings. The maximum atomic E-state index is 13.4. The van der Waals surface area contributed by atoms with E-state index in [-0.39, 0.29) is 11.8 Å². The number of nitrogens with one attached hydrogen (secondary N) is 2. The van der Waals surface area contributed by atoms with E-state index in [9.17, 15) is 18.0 Å². The lowest BCUT2D eigenvalue weighted by Gasteiger charge is -2.12. The molecule has 8 heteroatoms. The highest BCUT2D eigenvalue weighted by Crippen LogP contribution is 2.22. The molecule has 1 saturated heterocycles. The first-order chi connectivity index (χ1) is 10.0. The van der Waals surface area contributed by atoms with E-state index < -0.39 is 24.2 Å². The van der Waals surface area contributed by atoms with E-state index in [1.165, 1.54) is 6.07 Å². The van der Waals surface area contributed by atoms with Crippen LogP contribution in [0.3, 0.4) is 0 Å². The highest BCUT2D eigenvalue weighted by atomic mass is 19.3. The smallest absolute Gasteiger partial charge is 0.387 e. The van der Waals surface area contributed by atoms with Gasteiger partial charge in [0.2, 0.25) is 0 Å². The lowest BCUT2D eigenvalue weighted by Crippen LogP contribution is -2.35. The molecule has 0 saturated carbocycles. The van der Waals surface area contributed by atoms with Crippen LogP contribution in [-0.2, 0) is 4.74 Å². The van der Waals surface area contributed by atoms with Gasteiger partial charge in [-0.05, 0) is 25.0 Å². The molecular formula is C13H15F3N2O3. The Morgan fingerprint density at radius 3 is 2.90 bits per heavy atom. The van der Waals surface area contributed by atoms with Crippen LogP contribution < -0.4 is 15.4 Å². The first kappa shape index (κ1) is 15.4. The van der Waals surface area contributed by atoms with Crippen LogP contribution in [0.4, 0.5) is 23.7 Å². The Kier molecular flexibility index (Phi) is 5.26. The van der Waals surface area contributed by atoms with Gasteiger partial charge in [0.05, 0.1) is 6.10 Å². The Labute approximate surface area is 119 Å². The number of anilines is 1. The molecule has 1 aliphatic heterocycles. The molecule has 1 atom stereocenters. The Morgan fingerprint density at radius 1 is 1.48 bits per heavy atom. The van der Waals surface area contributed by atoms with Crippen LogP contribution in [0, 0.1) is 5.82 Å². The van der Waals surface area contributed by atoms with Crippen LogP contribution >= 0.6 is 0 Å². The summed E-state index contributed by atoms with van der Waals surface area (Å²) in [5.74, 6) is -1.55. The molecule has 2 amide bonds. The van der Waals surface area contributed by atoms with Crippen molar-refractivity contribution in [1.29, 1.82) is 0 Å². The van der Waals surface area contributed by atoms with Crippen LogP contribution in [0.5, 0.6) is 5.75 Å². The summed E-state index contributed by atoms with van der Waals surface area (Å²) in [6, 6.07) is 2.68. The monoisotopic (exact) mass is 304 g/mol. The summed E-state index contributed by atoms with van der Waals surface area (Å²) >= 11 is 0. The Hall–Kier alpha value is -1.96. The van der Waals surface area contributed by atoms with E-state index in [0.717, 1.165) is 25.0 Å². The predicted molar refractivity (Wildman–Crippen MR) is 69.0 cm³/mol. The van der Waals surface area contributed by atoms with Crippen LogP contribution in [0.2, 0.25) is 0 Å². The first-order valence-corrected chi connectivity index (χ1v) is 6.45.